The van der Waals surface area contributed by atoms with Gasteiger partial charge < -0.3 is 4.74 Å². The molecule has 0 aliphatic rings. The van der Waals surface area contributed by atoms with E-state index in [9.17, 15) is 4.79 Å². The molecule has 3 rings (SSSR count). The van der Waals surface area contributed by atoms with E-state index < -0.39 is 0 Å². The lowest BCUT2D eigenvalue weighted by Crippen LogP contribution is -2.13. The number of ether oxygens (including phenoxy) is 1. The Morgan fingerprint density at radius 3 is 2.84 bits per heavy atom. The van der Waals surface area contributed by atoms with Crippen molar-refractivity contribution in [1.29, 1.82) is 0 Å². The molecule has 0 unspecified atom stereocenters. The van der Waals surface area contributed by atoms with E-state index >= 15 is 0 Å². The molecule has 0 atom stereocenters. The second-order valence-corrected chi connectivity index (χ2v) is 4.03. The fourth-order valence-electron chi connectivity index (χ4n) is 1.90. The van der Waals surface area contributed by atoms with E-state index in [-0.39, 0.29) is 5.91 Å². The maximum Gasteiger partial charge on any atom is 0.280 e. The lowest BCUT2D eigenvalue weighted by Gasteiger charge is -2.03. The summed E-state index contributed by atoms with van der Waals surface area (Å²) < 4.78 is 6.41. The van der Waals surface area contributed by atoms with E-state index in [1.807, 2.05) is 24.3 Å². The molecule has 0 aliphatic carbocycles. The van der Waals surface area contributed by atoms with Crippen molar-refractivity contribution in [1.82, 2.24) is 15.0 Å². The van der Waals surface area contributed by atoms with Crippen LogP contribution in [-0.2, 0) is 0 Å². The first-order valence-corrected chi connectivity index (χ1v) is 5.79. The average Bonchev–Trinajstić information content (AvgIpc) is 2.90. The van der Waals surface area contributed by atoms with Crippen LogP contribution in [0.5, 0.6) is 5.75 Å². The smallest absolute Gasteiger partial charge is 0.280 e. The zero-order chi connectivity index (χ0) is 13.2. The molecule has 1 aromatic heterocycles. The number of fused-ring (bicyclic) bond motifs is 1. The number of nitrogens with zero attached hydrogens (tertiary/aromatic N) is 3. The third-order valence-corrected chi connectivity index (χ3v) is 2.86. The molecular formula is C14H11N3O2. The normalized spacial score (nSPS) is 10.6. The highest BCUT2D eigenvalue weighted by atomic mass is 16.5. The fourth-order valence-corrected chi connectivity index (χ4v) is 1.90. The van der Waals surface area contributed by atoms with Gasteiger partial charge in [0.05, 0.1) is 12.6 Å². The van der Waals surface area contributed by atoms with Gasteiger partial charge in [-0.2, -0.15) is 4.68 Å². The quantitative estimate of drug-likeness (QED) is 0.702. The van der Waals surface area contributed by atoms with Crippen molar-refractivity contribution in [2.45, 2.75) is 0 Å². The summed E-state index contributed by atoms with van der Waals surface area (Å²) in [6.07, 6.45) is 0. The standard InChI is InChI=1S/C14H11N3O2/c1-19-11-6-4-5-10(9-11)14(18)17-13-8-3-2-7-12(13)15-16-17/h2-9H,1H3. The van der Waals surface area contributed by atoms with Crippen LogP contribution in [0.4, 0.5) is 0 Å². The molecular weight excluding hydrogens is 242 g/mol. The molecule has 0 spiro atoms. The monoisotopic (exact) mass is 253 g/mol. The molecule has 94 valence electrons. The highest BCUT2D eigenvalue weighted by Crippen LogP contribution is 2.16. The number of benzene rings is 2. The maximum absolute atomic E-state index is 12.4. The van der Waals surface area contributed by atoms with Crippen LogP contribution in [-0.4, -0.2) is 28.0 Å². The first kappa shape index (κ1) is 11.4. The van der Waals surface area contributed by atoms with E-state index in [0.717, 1.165) is 0 Å². The first-order valence-electron chi connectivity index (χ1n) is 5.79. The van der Waals surface area contributed by atoms with Crippen molar-refractivity contribution in [2.75, 3.05) is 7.11 Å². The van der Waals surface area contributed by atoms with Crippen molar-refractivity contribution < 1.29 is 9.53 Å². The molecule has 3 aromatic rings. The molecule has 0 N–H and O–H groups in total. The Labute approximate surface area is 109 Å². The molecule has 5 heteroatoms. The number of carbonyl (C=O) groups excluding carboxylic acids is 1. The molecule has 0 saturated carbocycles. The summed E-state index contributed by atoms with van der Waals surface area (Å²) in [6.45, 7) is 0. The van der Waals surface area contributed by atoms with Gasteiger partial charge in [0.1, 0.15) is 11.3 Å². The lowest BCUT2D eigenvalue weighted by molar-refractivity contribution is 0.0948. The maximum atomic E-state index is 12.4. The number of hydrogen-bond donors (Lipinski definition) is 0. The average molecular weight is 253 g/mol. The molecule has 0 saturated heterocycles. The van der Waals surface area contributed by atoms with Gasteiger partial charge in [-0.1, -0.05) is 23.4 Å². The van der Waals surface area contributed by atoms with E-state index in [0.29, 0.717) is 22.3 Å². The predicted octanol–water partition coefficient (Wildman–Crippen LogP) is 2.13. The van der Waals surface area contributed by atoms with Gasteiger partial charge in [-0.15, -0.1) is 5.10 Å². The summed E-state index contributed by atoms with van der Waals surface area (Å²) >= 11 is 0. The van der Waals surface area contributed by atoms with E-state index in [4.69, 9.17) is 4.74 Å². The Balaban J connectivity index is 2.08. The molecule has 2 aromatic carbocycles. The van der Waals surface area contributed by atoms with Crippen LogP contribution in [0.25, 0.3) is 11.0 Å². The molecule has 0 amide bonds. The third-order valence-electron chi connectivity index (χ3n) is 2.86. The summed E-state index contributed by atoms with van der Waals surface area (Å²) in [5.41, 5.74) is 1.89. The van der Waals surface area contributed by atoms with E-state index in [1.54, 1.807) is 31.4 Å². The summed E-state index contributed by atoms with van der Waals surface area (Å²) in [5.74, 6) is 0.405. The lowest BCUT2D eigenvalue weighted by atomic mass is 10.2. The van der Waals surface area contributed by atoms with Gasteiger partial charge in [0, 0.05) is 5.56 Å². The van der Waals surface area contributed by atoms with Crippen molar-refractivity contribution in [2.24, 2.45) is 0 Å². The summed E-state index contributed by atoms with van der Waals surface area (Å²) in [6, 6.07) is 14.3. The Hall–Kier alpha value is -2.69. The fraction of sp³-hybridized carbons (Fsp3) is 0.0714. The van der Waals surface area contributed by atoms with Crippen molar-refractivity contribution in [3.63, 3.8) is 0 Å². The predicted molar refractivity (Wildman–Crippen MR) is 70.3 cm³/mol. The van der Waals surface area contributed by atoms with Gasteiger partial charge in [-0.3, -0.25) is 4.79 Å². The van der Waals surface area contributed by atoms with Gasteiger partial charge >= 0.3 is 0 Å². The van der Waals surface area contributed by atoms with Gasteiger partial charge in [0.25, 0.3) is 5.91 Å². The van der Waals surface area contributed by atoms with Crippen molar-refractivity contribution in [3.8, 4) is 5.75 Å². The molecule has 5 nitrogen and oxygen atoms in total. The Kier molecular flexibility index (Phi) is 2.72. The van der Waals surface area contributed by atoms with Crippen LogP contribution >= 0.6 is 0 Å². The SMILES string of the molecule is COc1cccc(C(=O)n2nnc3ccccc32)c1. The zero-order valence-electron chi connectivity index (χ0n) is 10.3. The second kappa shape index (κ2) is 4.53. The van der Waals surface area contributed by atoms with Crippen LogP contribution in [0.3, 0.4) is 0 Å². The highest BCUT2D eigenvalue weighted by molar-refractivity contribution is 6.00. The number of rotatable bonds is 2. The summed E-state index contributed by atoms with van der Waals surface area (Å²) in [5, 5.41) is 7.87. The molecule has 0 aliphatic heterocycles. The third kappa shape index (κ3) is 1.95. The number of hydrogen-bond acceptors (Lipinski definition) is 4. The molecule has 19 heavy (non-hydrogen) atoms. The van der Waals surface area contributed by atoms with Gasteiger partial charge in [0.2, 0.25) is 0 Å². The van der Waals surface area contributed by atoms with Crippen LogP contribution in [0, 0.1) is 0 Å². The van der Waals surface area contributed by atoms with Gasteiger partial charge in [0.15, 0.2) is 0 Å². The van der Waals surface area contributed by atoms with Crippen LogP contribution in [0.1, 0.15) is 10.4 Å². The summed E-state index contributed by atoms with van der Waals surface area (Å²) in [7, 11) is 1.56. The Bertz CT molecular complexity index is 749. The molecule has 0 bridgehead atoms. The Morgan fingerprint density at radius 1 is 1.16 bits per heavy atom. The number of methoxy groups -OCH3 is 1. The van der Waals surface area contributed by atoms with Gasteiger partial charge in [-0.25, -0.2) is 0 Å². The number of carbonyl (C=O) groups is 1. The van der Waals surface area contributed by atoms with E-state index in [2.05, 4.69) is 10.3 Å². The molecule has 1 heterocycles. The molecule has 0 fully saturated rings. The van der Waals surface area contributed by atoms with Crippen molar-refractivity contribution >= 4 is 16.9 Å². The summed E-state index contributed by atoms with van der Waals surface area (Å²) in [4.78, 5) is 12.4. The largest absolute Gasteiger partial charge is 0.497 e. The second-order valence-electron chi connectivity index (χ2n) is 4.03. The highest BCUT2D eigenvalue weighted by Gasteiger charge is 2.14. The van der Waals surface area contributed by atoms with Crippen LogP contribution < -0.4 is 4.74 Å². The number of para-hydroxylation sites is 1. The minimum absolute atomic E-state index is 0.229. The first-order chi connectivity index (χ1) is 9.29. The van der Waals surface area contributed by atoms with E-state index in [1.165, 1.54) is 4.68 Å². The minimum Gasteiger partial charge on any atom is -0.497 e. The Morgan fingerprint density at radius 2 is 2.00 bits per heavy atom. The van der Waals surface area contributed by atoms with Gasteiger partial charge in [-0.05, 0) is 30.3 Å². The zero-order valence-corrected chi connectivity index (χ0v) is 10.3. The number of aromatic nitrogens is 3. The van der Waals surface area contributed by atoms with Crippen LogP contribution in [0.2, 0.25) is 0 Å². The topological polar surface area (TPSA) is 57.0 Å². The molecule has 0 radical (unpaired) electrons. The van der Waals surface area contributed by atoms with Crippen molar-refractivity contribution in [3.05, 3.63) is 54.1 Å². The van der Waals surface area contributed by atoms with Crippen LogP contribution in [0.15, 0.2) is 48.5 Å². The minimum atomic E-state index is -0.229.